The number of nitrogens with zero attached hydrogens (tertiary/aromatic N) is 1. The second-order valence-electron chi connectivity index (χ2n) is 9.99. The van der Waals surface area contributed by atoms with E-state index in [2.05, 4.69) is 21.3 Å². The zero-order valence-electron chi connectivity index (χ0n) is 21.4. The number of aryl methyl sites for hydroxylation is 1. The van der Waals surface area contributed by atoms with E-state index in [9.17, 15) is 9.90 Å². The average molecular weight is 480 g/mol. The zero-order chi connectivity index (χ0) is 25.2. The van der Waals surface area contributed by atoms with Crippen molar-refractivity contribution in [2.75, 3.05) is 34.9 Å². The van der Waals surface area contributed by atoms with E-state index < -0.39 is 5.60 Å². The molecule has 1 aliphatic rings. The molecular formula is C28H37N3O4. The van der Waals surface area contributed by atoms with Gasteiger partial charge in [-0.05, 0) is 70.1 Å². The van der Waals surface area contributed by atoms with Gasteiger partial charge in [0.15, 0.2) is 0 Å². The number of H-pyrrole nitrogens is 1. The number of hydrogen-bond donors (Lipinski definition) is 3. The van der Waals surface area contributed by atoms with Crippen LogP contribution < -0.4 is 10.1 Å². The second kappa shape index (κ2) is 10.4. The van der Waals surface area contributed by atoms with E-state index in [-0.39, 0.29) is 17.9 Å². The van der Waals surface area contributed by atoms with Gasteiger partial charge in [-0.15, -0.1) is 0 Å². The first-order valence-corrected chi connectivity index (χ1v) is 12.2. The molecule has 1 saturated carbocycles. The number of carbonyl (C=O) groups excluding carboxylic acids is 1. The smallest absolute Gasteiger partial charge is 0.354 e. The standard InChI is InChI=1S/C28H37N3O4/c1-18-9-10-25-23(13-18)24(26(30-25)27(32)35-5)16-29-21-11-12-28(33,20(14-21)17-31(2)3)19-7-6-8-22(15-19)34-4/h6-10,13,15,20-21,29-30,33H,11-12,14,16-17H2,1-5H3. The van der Waals surface area contributed by atoms with Crippen molar-refractivity contribution in [1.82, 2.24) is 15.2 Å². The second-order valence-corrected chi connectivity index (χ2v) is 9.99. The van der Waals surface area contributed by atoms with Crippen LogP contribution in [0.3, 0.4) is 0 Å². The van der Waals surface area contributed by atoms with Gasteiger partial charge in [0.2, 0.25) is 0 Å². The summed E-state index contributed by atoms with van der Waals surface area (Å²) in [4.78, 5) is 17.8. The third kappa shape index (κ3) is 5.22. The van der Waals surface area contributed by atoms with Crippen LogP contribution in [0.2, 0.25) is 0 Å². The van der Waals surface area contributed by atoms with Crippen molar-refractivity contribution < 1.29 is 19.4 Å². The third-order valence-corrected chi connectivity index (χ3v) is 7.29. The highest BCUT2D eigenvalue weighted by Gasteiger charge is 2.43. The van der Waals surface area contributed by atoms with E-state index in [4.69, 9.17) is 9.47 Å². The first kappa shape index (κ1) is 25.2. The van der Waals surface area contributed by atoms with Crippen molar-refractivity contribution in [3.05, 3.63) is 64.8 Å². The molecule has 3 unspecified atom stereocenters. The lowest BCUT2D eigenvalue weighted by atomic mass is 9.69. The largest absolute Gasteiger partial charge is 0.497 e. The highest BCUT2D eigenvalue weighted by Crippen LogP contribution is 2.43. The number of aromatic nitrogens is 1. The molecule has 1 aliphatic carbocycles. The number of hydrogen-bond acceptors (Lipinski definition) is 6. The lowest BCUT2D eigenvalue weighted by Crippen LogP contribution is -2.49. The molecule has 2 aromatic carbocycles. The van der Waals surface area contributed by atoms with E-state index in [0.717, 1.165) is 52.7 Å². The number of fused-ring (bicyclic) bond motifs is 1. The fourth-order valence-corrected chi connectivity index (χ4v) is 5.45. The first-order valence-electron chi connectivity index (χ1n) is 12.2. The van der Waals surface area contributed by atoms with Crippen LogP contribution >= 0.6 is 0 Å². The number of benzene rings is 2. The Balaban J connectivity index is 1.56. The molecule has 1 fully saturated rings. The van der Waals surface area contributed by atoms with Gasteiger partial charge in [0.25, 0.3) is 0 Å². The lowest BCUT2D eigenvalue weighted by Gasteiger charge is -2.45. The van der Waals surface area contributed by atoms with Gasteiger partial charge in [-0.2, -0.15) is 0 Å². The molecule has 0 aliphatic heterocycles. The summed E-state index contributed by atoms with van der Waals surface area (Å²) in [6.07, 6.45) is 2.29. The summed E-state index contributed by atoms with van der Waals surface area (Å²) in [5, 5.41) is 16.6. The predicted octanol–water partition coefficient (Wildman–Crippen LogP) is 3.98. The quantitative estimate of drug-likeness (QED) is 0.424. The van der Waals surface area contributed by atoms with Crippen LogP contribution in [0, 0.1) is 12.8 Å². The van der Waals surface area contributed by atoms with Crippen LogP contribution in [-0.4, -0.2) is 61.9 Å². The summed E-state index contributed by atoms with van der Waals surface area (Å²) in [5.74, 6) is 0.433. The number of nitrogens with one attached hydrogen (secondary N) is 2. The molecule has 3 aromatic rings. The van der Waals surface area contributed by atoms with Crippen LogP contribution in [0.4, 0.5) is 0 Å². The SMILES string of the molecule is COC(=O)c1[nH]c2ccc(C)cc2c1CNC1CCC(O)(c2cccc(OC)c2)C(CN(C)C)C1. The summed E-state index contributed by atoms with van der Waals surface area (Å²) in [6, 6.07) is 14.1. The van der Waals surface area contributed by atoms with Gasteiger partial charge in [-0.1, -0.05) is 23.8 Å². The lowest BCUT2D eigenvalue weighted by molar-refractivity contribution is -0.0694. The van der Waals surface area contributed by atoms with Crippen LogP contribution in [0.5, 0.6) is 5.75 Å². The van der Waals surface area contributed by atoms with Gasteiger partial charge in [-0.3, -0.25) is 0 Å². The van der Waals surface area contributed by atoms with Crippen molar-refractivity contribution in [2.45, 2.75) is 44.4 Å². The molecule has 7 nitrogen and oxygen atoms in total. The zero-order valence-corrected chi connectivity index (χ0v) is 21.4. The Hall–Kier alpha value is -2.87. The van der Waals surface area contributed by atoms with E-state index in [0.29, 0.717) is 18.7 Å². The minimum Gasteiger partial charge on any atom is -0.497 e. The fourth-order valence-electron chi connectivity index (χ4n) is 5.45. The number of carbonyl (C=O) groups is 1. The van der Waals surface area contributed by atoms with Crippen molar-refractivity contribution in [1.29, 1.82) is 0 Å². The van der Waals surface area contributed by atoms with Crippen molar-refractivity contribution in [2.24, 2.45) is 5.92 Å². The first-order chi connectivity index (χ1) is 16.7. The molecule has 4 rings (SSSR count). The van der Waals surface area contributed by atoms with Gasteiger partial charge in [0.05, 0.1) is 19.8 Å². The van der Waals surface area contributed by atoms with E-state index in [1.54, 1.807) is 7.11 Å². The maximum absolute atomic E-state index is 12.5. The number of rotatable bonds is 8. The maximum Gasteiger partial charge on any atom is 0.354 e. The topological polar surface area (TPSA) is 86.8 Å². The normalized spacial score (nSPS) is 22.5. The summed E-state index contributed by atoms with van der Waals surface area (Å²) < 4.78 is 10.5. The van der Waals surface area contributed by atoms with Crippen LogP contribution in [-0.2, 0) is 16.9 Å². The highest BCUT2D eigenvalue weighted by molar-refractivity contribution is 5.98. The minimum atomic E-state index is -0.925. The summed E-state index contributed by atoms with van der Waals surface area (Å²) in [6.45, 7) is 3.37. The molecule has 7 heteroatoms. The Morgan fingerprint density at radius 2 is 2.03 bits per heavy atom. The Morgan fingerprint density at radius 1 is 1.23 bits per heavy atom. The molecule has 0 spiro atoms. The molecule has 1 aromatic heterocycles. The molecular weight excluding hydrogens is 442 g/mol. The maximum atomic E-state index is 12.5. The fraction of sp³-hybridized carbons (Fsp3) is 0.464. The molecule has 0 amide bonds. The highest BCUT2D eigenvalue weighted by atomic mass is 16.5. The molecule has 0 radical (unpaired) electrons. The van der Waals surface area contributed by atoms with Crippen molar-refractivity contribution >= 4 is 16.9 Å². The molecule has 3 atom stereocenters. The summed E-state index contributed by atoms with van der Waals surface area (Å²) >= 11 is 0. The Kier molecular flexibility index (Phi) is 7.50. The molecule has 1 heterocycles. The molecule has 188 valence electrons. The van der Waals surface area contributed by atoms with Crippen LogP contribution in [0.25, 0.3) is 10.9 Å². The summed E-state index contributed by atoms with van der Waals surface area (Å²) in [7, 11) is 7.14. The van der Waals surface area contributed by atoms with Gasteiger partial charge in [-0.25, -0.2) is 4.79 Å². The Labute approximate surface area is 207 Å². The van der Waals surface area contributed by atoms with Gasteiger partial charge >= 0.3 is 5.97 Å². The number of aliphatic hydroxyl groups is 1. The van der Waals surface area contributed by atoms with Crippen LogP contribution in [0.1, 0.15) is 46.4 Å². The van der Waals surface area contributed by atoms with Crippen molar-refractivity contribution in [3.8, 4) is 5.75 Å². The predicted molar refractivity (Wildman–Crippen MR) is 138 cm³/mol. The Bertz CT molecular complexity index is 1190. The van der Waals surface area contributed by atoms with E-state index in [1.807, 2.05) is 57.4 Å². The van der Waals surface area contributed by atoms with E-state index in [1.165, 1.54) is 7.11 Å². The van der Waals surface area contributed by atoms with E-state index >= 15 is 0 Å². The number of esters is 1. The molecule has 0 saturated heterocycles. The average Bonchev–Trinajstić information content (AvgIpc) is 3.21. The van der Waals surface area contributed by atoms with Crippen molar-refractivity contribution in [3.63, 3.8) is 0 Å². The molecule has 35 heavy (non-hydrogen) atoms. The van der Waals surface area contributed by atoms with Gasteiger partial charge < -0.3 is 29.8 Å². The monoisotopic (exact) mass is 479 g/mol. The number of methoxy groups -OCH3 is 2. The number of aromatic amines is 1. The van der Waals surface area contributed by atoms with Gasteiger partial charge in [0.1, 0.15) is 11.4 Å². The third-order valence-electron chi connectivity index (χ3n) is 7.29. The number of ether oxygens (including phenoxy) is 2. The minimum absolute atomic E-state index is 0.0427. The molecule has 3 N–H and O–H groups in total. The Morgan fingerprint density at radius 3 is 2.74 bits per heavy atom. The van der Waals surface area contributed by atoms with Gasteiger partial charge in [0, 0.05) is 41.5 Å². The summed E-state index contributed by atoms with van der Waals surface area (Å²) in [5.41, 5.74) is 3.46. The van der Waals surface area contributed by atoms with Crippen LogP contribution in [0.15, 0.2) is 42.5 Å². The molecule has 0 bridgehead atoms.